The largest absolute Gasteiger partial charge is 0.383 e. The lowest BCUT2D eigenvalue weighted by Gasteiger charge is -2.08. The summed E-state index contributed by atoms with van der Waals surface area (Å²) in [5.41, 5.74) is 0.441. The number of hydrogen-bond acceptors (Lipinski definition) is 4. The van der Waals surface area contributed by atoms with Gasteiger partial charge in [-0.3, -0.25) is 0 Å². The fraction of sp³-hybridized carbons (Fsp3) is 0.500. The van der Waals surface area contributed by atoms with Gasteiger partial charge in [-0.2, -0.15) is 0 Å². The Kier molecular flexibility index (Phi) is 7.39. The fourth-order valence-electron chi connectivity index (χ4n) is 1.49. The monoisotopic (exact) mass is 324 g/mol. The summed E-state index contributed by atoms with van der Waals surface area (Å²) in [6.07, 6.45) is 0. The van der Waals surface area contributed by atoms with Crippen molar-refractivity contribution in [3.05, 3.63) is 34.6 Å². The predicted octanol–water partition coefficient (Wildman–Crippen LogP) is 1.13. The van der Waals surface area contributed by atoms with Gasteiger partial charge >= 0.3 is 0 Å². The van der Waals surface area contributed by atoms with Crippen molar-refractivity contribution >= 4 is 21.6 Å². The van der Waals surface area contributed by atoms with E-state index in [9.17, 15) is 12.8 Å². The van der Waals surface area contributed by atoms with Crippen molar-refractivity contribution in [3.63, 3.8) is 0 Å². The molecule has 0 unspecified atom stereocenters. The van der Waals surface area contributed by atoms with Crippen LogP contribution in [-0.2, 0) is 20.5 Å². The number of rotatable bonds is 9. The van der Waals surface area contributed by atoms with Crippen LogP contribution in [-0.4, -0.2) is 41.8 Å². The molecule has 114 valence electrons. The summed E-state index contributed by atoms with van der Waals surface area (Å²) < 4.78 is 43.8. The molecule has 0 fully saturated rings. The van der Waals surface area contributed by atoms with Crippen LogP contribution >= 0.6 is 11.6 Å². The van der Waals surface area contributed by atoms with E-state index in [2.05, 4.69) is 10.0 Å². The minimum atomic E-state index is -3.46. The van der Waals surface area contributed by atoms with Gasteiger partial charge < -0.3 is 10.1 Å². The number of methoxy groups -OCH3 is 1. The second-order valence-electron chi connectivity index (χ2n) is 4.14. The van der Waals surface area contributed by atoms with Gasteiger partial charge in [0.1, 0.15) is 5.82 Å². The summed E-state index contributed by atoms with van der Waals surface area (Å²) in [6, 6.07) is 3.86. The van der Waals surface area contributed by atoms with Gasteiger partial charge in [-0.1, -0.05) is 17.7 Å². The Morgan fingerprint density at radius 3 is 2.70 bits per heavy atom. The summed E-state index contributed by atoms with van der Waals surface area (Å²) in [5.74, 6) is -0.798. The summed E-state index contributed by atoms with van der Waals surface area (Å²) >= 11 is 5.61. The normalized spacial score (nSPS) is 11.8. The number of hydrogen-bond donors (Lipinski definition) is 2. The third-order valence-corrected chi connectivity index (χ3v) is 4.09. The van der Waals surface area contributed by atoms with E-state index >= 15 is 0 Å². The standard InChI is InChI=1S/C12H18ClFN2O3S/c1-19-7-6-15-4-5-16-20(17,18)9-10-2-3-12(14)11(13)8-10/h2-3,8,15-16H,4-7,9H2,1H3. The molecular formula is C12H18ClFN2O3S. The lowest BCUT2D eigenvalue weighted by molar-refractivity contribution is 0.199. The first-order chi connectivity index (χ1) is 9.44. The second-order valence-corrected chi connectivity index (χ2v) is 6.36. The smallest absolute Gasteiger partial charge is 0.215 e. The summed E-state index contributed by atoms with van der Waals surface area (Å²) in [7, 11) is -1.86. The molecule has 0 spiro atoms. The van der Waals surface area contributed by atoms with E-state index in [0.717, 1.165) is 6.07 Å². The first-order valence-electron chi connectivity index (χ1n) is 6.05. The lowest BCUT2D eigenvalue weighted by Crippen LogP contribution is -2.33. The zero-order valence-corrected chi connectivity index (χ0v) is 12.7. The van der Waals surface area contributed by atoms with Crippen LogP contribution in [0.4, 0.5) is 4.39 Å². The Labute approximate surface area is 123 Å². The molecule has 0 aliphatic rings. The van der Waals surface area contributed by atoms with Crippen molar-refractivity contribution in [2.24, 2.45) is 0 Å². The summed E-state index contributed by atoms with van der Waals surface area (Å²) in [6.45, 7) is 2.01. The number of nitrogens with one attached hydrogen (secondary N) is 2. The molecule has 5 nitrogen and oxygen atoms in total. The molecule has 1 aromatic carbocycles. The molecule has 0 aliphatic heterocycles. The van der Waals surface area contributed by atoms with E-state index in [1.807, 2.05) is 0 Å². The number of benzene rings is 1. The van der Waals surface area contributed by atoms with Gasteiger partial charge in [-0.15, -0.1) is 0 Å². The van der Waals surface area contributed by atoms with Crippen molar-refractivity contribution in [2.45, 2.75) is 5.75 Å². The van der Waals surface area contributed by atoms with Crippen LogP contribution in [0.3, 0.4) is 0 Å². The van der Waals surface area contributed by atoms with Crippen molar-refractivity contribution in [3.8, 4) is 0 Å². The van der Waals surface area contributed by atoms with Gasteiger partial charge in [0.15, 0.2) is 0 Å². The molecular weight excluding hydrogens is 307 g/mol. The summed E-state index contributed by atoms with van der Waals surface area (Å²) in [4.78, 5) is 0. The average Bonchev–Trinajstić information content (AvgIpc) is 2.38. The topological polar surface area (TPSA) is 67.4 Å². The Balaban J connectivity index is 2.39. The van der Waals surface area contributed by atoms with Gasteiger partial charge in [0.2, 0.25) is 10.0 Å². The van der Waals surface area contributed by atoms with E-state index in [0.29, 0.717) is 25.3 Å². The lowest BCUT2D eigenvalue weighted by atomic mass is 10.2. The molecule has 0 heterocycles. The highest BCUT2D eigenvalue weighted by molar-refractivity contribution is 7.88. The zero-order chi connectivity index (χ0) is 15.0. The molecule has 0 saturated heterocycles. The quantitative estimate of drug-likeness (QED) is 0.668. The molecule has 0 amide bonds. The summed E-state index contributed by atoms with van der Waals surface area (Å²) in [5, 5.41) is 2.93. The molecule has 1 aromatic rings. The SMILES string of the molecule is COCCNCCNS(=O)(=O)Cc1ccc(F)c(Cl)c1. The van der Waals surface area contributed by atoms with Crippen LogP contribution in [0, 0.1) is 5.82 Å². The Morgan fingerprint density at radius 2 is 2.05 bits per heavy atom. The van der Waals surface area contributed by atoms with Crippen molar-refractivity contribution in [2.75, 3.05) is 33.4 Å². The average molecular weight is 325 g/mol. The third-order valence-electron chi connectivity index (χ3n) is 2.45. The van der Waals surface area contributed by atoms with Crippen LogP contribution in [0.5, 0.6) is 0 Å². The van der Waals surface area contributed by atoms with E-state index in [-0.39, 0.29) is 17.3 Å². The molecule has 20 heavy (non-hydrogen) atoms. The Bertz CT molecular complexity index is 525. The van der Waals surface area contributed by atoms with Crippen molar-refractivity contribution in [1.29, 1.82) is 0 Å². The maximum atomic E-state index is 13.0. The van der Waals surface area contributed by atoms with Crippen LogP contribution in [0.1, 0.15) is 5.56 Å². The van der Waals surface area contributed by atoms with E-state index in [1.165, 1.54) is 12.1 Å². The highest BCUT2D eigenvalue weighted by Crippen LogP contribution is 2.17. The van der Waals surface area contributed by atoms with Crippen LogP contribution in [0.15, 0.2) is 18.2 Å². The highest BCUT2D eigenvalue weighted by Gasteiger charge is 2.12. The van der Waals surface area contributed by atoms with Gasteiger partial charge in [0, 0.05) is 26.7 Å². The molecule has 0 aliphatic carbocycles. The number of sulfonamides is 1. The fourth-order valence-corrected chi connectivity index (χ4v) is 2.83. The van der Waals surface area contributed by atoms with E-state index in [1.54, 1.807) is 7.11 Å². The first-order valence-corrected chi connectivity index (χ1v) is 8.08. The minimum absolute atomic E-state index is 0.0843. The molecule has 0 saturated carbocycles. The van der Waals surface area contributed by atoms with Gasteiger partial charge in [0.05, 0.1) is 17.4 Å². The Morgan fingerprint density at radius 1 is 1.30 bits per heavy atom. The number of halogens is 2. The van der Waals surface area contributed by atoms with Crippen LogP contribution < -0.4 is 10.0 Å². The maximum Gasteiger partial charge on any atom is 0.215 e. The molecule has 0 radical (unpaired) electrons. The van der Waals surface area contributed by atoms with E-state index < -0.39 is 15.8 Å². The minimum Gasteiger partial charge on any atom is -0.383 e. The molecule has 2 N–H and O–H groups in total. The van der Waals surface area contributed by atoms with E-state index in [4.69, 9.17) is 16.3 Å². The van der Waals surface area contributed by atoms with Crippen molar-refractivity contribution < 1.29 is 17.5 Å². The van der Waals surface area contributed by atoms with Gasteiger partial charge in [0.25, 0.3) is 0 Å². The van der Waals surface area contributed by atoms with Crippen molar-refractivity contribution in [1.82, 2.24) is 10.0 Å². The molecule has 8 heteroatoms. The van der Waals surface area contributed by atoms with Crippen LogP contribution in [0.2, 0.25) is 5.02 Å². The molecule has 0 aromatic heterocycles. The zero-order valence-electron chi connectivity index (χ0n) is 11.2. The Hall–Kier alpha value is -0.730. The molecule has 1 rings (SSSR count). The number of ether oxygens (including phenoxy) is 1. The molecule has 0 atom stereocenters. The van der Waals surface area contributed by atoms with Gasteiger partial charge in [-0.25, -0.2) is 17.5 Å². The third kappa shape index (κ3) is 6.62. The maximum absolute atomic E-state index is 13.0. The highest BCUT2D eigenvalue weighted by atomic mass is 35.5. The van der Waals surface area contributed by atoms with Crippen LogP contribution in [0.25, 0.3) is 0 Å². The molecule has 0 bridgehead atoms. The van der Waals surface area contributed by atoms with Gasteiger partial charge in [-0.05, 0) is 17.7 Å². The predicted molar refractivity (Wildman–Crippen MR) is 76.8 cm³/mol. The second kappa shape index (κ2) is 8.53. The first kappa shape index (κ1) is 17.3.